The van der Waals surface area contributed by atoms with E-state index < -0.39 is 0 Å². The number of Topliss-reactive ketones (excluding diaryl/α,β-unsaturated/α-hetero) is 1. The Morgan fingerprint density at radius 2 is 1.94 bits per heavy atom. The molecule has 0 saturated carbocycles. The van der Waals surface area contributed by atoms with Crippen LogP contribution in [0.25, 0.3) is 0 Å². The van der Waals surface area contributed by atoms with Gasteiger partial charge in [0.2, 0.25) is 0 Å². The zero-order chi connectivity index (χ0) is 13.1. The molecule has 1 heterocycles. The molecule has 0 aliphatic carbocycles. The maximum absolute atomic E-state index is 12.4. The van der Waals surface area contributed by atoms with Crippen molar-refractivity contribution in [3.05, 3.63) is 34.9 Å². The highest BCUT2D eigenvalue weighted by Crippen LogP contribution is 2.20. The van der Waals surface area contributed by atoms with Gasteiger partial charge in [-0.05, 0) is 57.0 Å². The van der Waals surface area contributed by atoms with Crippen LogP contribution >= 0.6 is 0 Å². The number of aryl methyl sites for hydroxylation is 2. The van der Waals surface area contributed by atoms with Crippen LogP contribution in [-0.2, 0) is 11.2 Å². The van der Waals surface area contributed by atoms with Gasteiger partial charge in [-0.2, -0.15) is 0 Å². The second-order valence-corrected chi connectivity index (χ2v) is 5.51. The summed E-state index contributed by atoms with van der Waals surface area (Å²) in [4.78, 5) is 14.7. The molecular weight excluding hydrogens is 222 g/mol. The van der Waals surface area contributed by atoms with Crippen molar-refractivity contribution in [1.29, 1.82) is 0 Å². The molecule has 1 aromatic rings. The number of benzene rings is 1. The first-order valence-corrected chi connectivity index (χ1v) is 6.87. The lowest BCUT2D eigenvalue weighted by molar-refractivity contribution is -0.124. The van der Waals surface area contributed by atoms with Crippen molar-refractivity contribution in [3.8, 4) is 0 Å². The molecule has 1 aliphatic rings. The average Bonchev–Trinajstić information content (AvgIpc) is 2.34. The summed E-state index contributed by atoms with van der Waals surface area (Å²) in [5.41, 5.74) is 3.70. The molecule has 0 radical (unpaired) electrons. The summed E-state index contributed by atoms with van der Waals surface area (Å²) in [7, 11) is 2.08. The third-order valence-corrected chi connectivity index (χ3v) is 4.14. The summed E-state index contributed by atoms with van der Waals surface area (Å²) in [5, 5.41) is 0. The van der Waals surface area contributed by atoms with Gasteiger partial charge in [-0.3, -0.25) is 9.69 Å². The van der Waals surface area contributed by atoms with E-state index in [2.05, 4.69) is 44.0 Å². The maximum atomic E-state index is 12.4. The molecule has 0 spiro atoms. The molecule has 2 nitrogen and oxygen atoms in total. The fraction of sp³-hybridized carbons (Fsp3) is 0.562. The highest BCUT2D eigenvalue weighted by Gasteiger charge is 2.26. The van der Waals surface area contributed by atoms with Crippen LogP contribution in [0, 0.1) is 13.8 Å². The summed E-state index contributed by atoms with van der Waals surface area (Å²) < 4.78 is 0. The maximum Gasteiger partial charge on any atom is 0.154 e. The summed E-state index contributed by atoms with van der Waals surface area (Å²) in [5.74, 6) is 0.384. The number of likely N-dealkylation sites (N-methyl/N-ethyl adjacent to an activating group) is 1. The van der Waals surface area contributed by atoms with Gasteiger partial charge in [0.25, 0.3) is 0 Å². The normalized spacial score (nSPS) is 20.9. The van der Waals surface area contributed by atoms with Crippen molar-refractivity contribution in [3.63, 3.8) is 0 Å². The van der Waals surface area contributed by atoms with E-state index >= 15 is 0 Å². The summed E-state index contributed by atoms with van der Waals surface area (Å²) in [6.07, 6.45) is 4.03. The molecule has 0 bridgehead atoms. The van der Waals surface area contributed by atoms with Gasteiger partial charge in [0.1, 0.15) is 0 Å². The average molecular weight is 245 g/mol. The molecule has 2 heteroatoms. The lowest BCUT2D eigenvalue weighted by Gasteiger charge is -2.31. The van der Waals surface area contributed by atoms with Crippen molar-refractivity contribution < 1.29 is 4.79 Å². The number of hydrogen-bond acceptors (Lipinski definition) is 2. The molecule has 1 atom stereocenters. The molecule has 1 aliphatic heterocycles. The highest BCUT2D eigenvalue weighted by atomic mass is 16.1. The van der Waals surface area contributed by atoms with Gasteiger partial charge in [0.15, 0.2) is 5.78 Å². The van der Waals surface area contributed by atoms with E-state index in [0.717, 1.165) is 13.0 Å². The smallest absolute Gasteiger partial charge is 0.154 e. The minimum atomic E-state index is 0.137. The van der Waals surface area contributed by atoms with Gasteiger partial charge in [0.05, 0.1) is 6.04 Å². The Hall–Kier alpha value is -1.15. The number of piperidine rings is 1. The molecule has 2 rings (SSSR count). The lowest BCUT2D eigenvalue weighted by atomic mass is 9.92. The Balaban J connectivity index is 2.11. The number of rotatable bonds is 3. The van der Waals surface area contributed by atoms with Crippen molar-refractivity contribution in [1.82, 2.24) is 4.90 Å². The number of carbonyl (C=O) groups is 1. The molecule has 18 heavy (non-hydrogen) atoms. The quantitative estimate of drug-likeness (QED) is 0.816. The van der Waals surface area contributed by atoms with Gasteiger partial charge in [0, 0.05) is 6.42 Å². The predicted octanol–water partition coefficient (Wildman–Crippen LogP) is 2.90. The Kier molecular flexibility index (Phi) is 4.18. The van der Waals surface area contributed by atoms with Gasteiger partial charge in [-0.15, -0.1) is 0 Å². The van der Waals surface area contributed by atoms with E-state index in [-0.39, 0.29) is 6.04 Å². The number of nitrogens with zero attached hydrogens (tertiary/aromatic N) is 1. The molecule has 0 aromatic heterocycles. The Morgan fingerprint density at radius 3 is 2.56 bits per heavy atom. The third kappa shape index (κ3) is 2.81. The van der Waals surface area contributed by atoms with Gasteiger partial charge in [-0.25, -0.2) is 0 Å². The summed E-state index contributed by atoms with van der Waals surface area (Å²) in [6.45, 7) is 5.25. The summed E-state index contributed by atoms with van der Waals surface area (Å²) >= 11 is 0. The van der Waals surface area contributed by atoms with Crippen LogP contribution in [0.5, 0.6) is 0 Å². The van der Waals surface area contributed by atoms with Crippen LogP contribution < -0.4 is 0 Å². The second-order valence-electron chi connectivity index (χ2n) is 5.51. The van der Waals surface area contributed by atoms with Crippen LogP contribution in [-0.4, -0.2) is 30.3 Å². The Bertz CT molecular complexity index is 418. The zero-order valence-corrected chi connectivity index (χ0v) is 11.7. The van der Waals surface area contributed by atoms with Crippen molar-refractivity contribution in [2.75, 3.05) is 13.6 Å². The molecular formula is C16H23NO. The Morgan fingerprint density at radius 1 is 1.28 bits per heavy atom. The minimum absolute atomic E-state index is 0.137. The highest BCUT2D eigenvalue weighted by molar-refractivity contribution is 5.86. The lowest BCUT2D eigenvalue weighted by Crippen LogP contribution is -2.42. The summed E-state index contributed by atoms with van der Waals surface area (Å²) in [6, 6.07) is 6.39. The zero-order valence-electron chi connectivity index (χ0n) is 11.7. The van der Waals surface area contributed by atoms with Crippen LogP contribution in [0.15, 0.2) is 18.2 Å². The molecule has 0 amide bonds. The number of likely N-dealkylation sites (tertiary alicyclic amines) is 1. The van der Waals surface area contributed by atoms with Crippen molar-refractivity contribution in [2.45, 2.75) is 45.6 Å². The molecule has 1 fully saturated rings. The van der Waals surface area contributed by atoms with E-state index in [9.17, 15) is 4.79 Å². The van der Waals surface area contributed by atoms with E-state index in [4.69, 9.17) is 0 Å². The van der Waals surface area contributed by atoms with Crippen LogP contribution in [0.3, 0.4) is 0 Å². The van der Waals surface area contributed by atoms with Crippen molar-refractivity contribution >= 4 is 5.78 Å². The van der Waals surface area contributed by atoms with Crippen LogP contribution in [0.2, 0.25) is 0 Å². The first kappa shape index (κ1) is 13.3. The van der Waals surface area contributed by atoms with Crippen LogP contribution in [0.4, 0.5) is 0 Å². The third-order valence-electron chi connectivity index (χ3n) is 4.14. The number of ketones is 1. The molecule has 0 unspecified atom stereocenters. The predicted molar refractivity (Wildman–Crippen MR) is 74.9 cm³/mol. The van der Waals surface area contributed by atoms with Crippen LogP contribution in [0.1, 0.15) is 36.0 Å². The topological polar surface area (TPSA) is 20.3 Å². The molecule has 1 saturated heterocycles. The number of carbonyl (C=O) groups excluding carboxylic acids is 1. The van der Waals surface area contributed by atoms with Gasteiger partial charge >= 0.3 is 0 Å². The standard InChI is InChI=1S/C16H23NO/c1-12-7-6-8-13(2)14(12)11-16(18)15-9-4-5-10-17(15)3/h6-8,15H,4-5,9-11H2,1-3H3/t15-/m0/s1. The van der Waals surface area contributed by atoms with E-state index in [0.29, 0.717) is 12.2 Å². The molecule has 0 N–H and O–H groups in total. The largest absolute Gasteiger partial charge is 0.298 e. The molecule has 98 valence electrons. The van der Waals surface area contributed by atoms with Crippen molar-refractivity contribution in [2.24, 2.45) is 0 Å². The van der Waals surface area contributed by atoms with Gasteiger partial charge in [-0.1, -0.05) is 24.6 Å². The van der Waals surface area contributed by atoms with E-state index in [1.54, 1.807) is 0 Å². The van der Waals surface area contributed by atoms with E-state index in [1.807, 2.05) is 0 Å². The monoisotopic (exact) mass is 245 g/mol. The first-order valence-electron chi connectivity index (χ1n) is 6.87. The first-order chi connectivity index (χ1) is 8.59. The fourth-order valence-electron chi connectivity index (χ4n) is 2.90. The Labute approximate surface area is 110 Å². The molecule has 1 aromatic carbocycles. The fourth-order valence-corrected chi connectivity index (χ4v) is 2.90. The SMILES string of the molecule is Cc1cccc(C)c1CC(=O)[C@@H]1CCCCN1C. The van der Waals surface area contributed by atoms with Gasteiger partial charge < -0.3 is 0 Å². The van der Waals surface area contributed by atoms with E-state index in [1.165, 1.54) is 29.5 Å². The minimum Gasteiger partial charge on any atom is -0.298 e. The second kappa shape index (κ2) is 5.66. The number of hydrogen-bond donors (Lipinski definition) is 0.